The van der Waals surface area contributed by atoms with Crippen LogP contribution in [-0.2, 0) is 11.2 Å². The molecule has 4 rings (SSSR count). The minimum absolute atomic E-state index is 0.119. The fourth-order valence-electron chi connectivity index (χ4n) is 2.73. The van der Waals surface area contributed by atoms with E-state index < -0.39 is 5.97 Å². The van der Waals surface area contributed by atoms with E-state index in [2.05, 4.69) is 0 Å². The average molecular weight is 298 g/mol. The topological polar surface area (TPSA) is 55.8 Å². The highest BCUT2D eigenvalue weighted by Gasteiger charge is 2.37. The van der Waals surface area contributed by atoms with Crippen LogP contribution < -0.4 is 9.47 Å². The molecule has 1 atom stereocenters. The maximum atomic E-state index is 13.0. The summed E-state index contributed by atoms with van der Waals surface area (Å²) in [5.74, 6) is 0.547. The van der Waals surface area contributed by atoms with Crippen molar-refractivity contribution in [2.24, 2.45) is 0 Å². The minimum atomic E-state index is -0.922. The summed E-state index contributed by atoms with van der Waals surface area (Å²) < 4.78 is 24.6. The molecule has 2 aliphatic heterocycles. The van der Waals surface area contributed by atoms with Gasteiger partial charge in [-0.1, -0.05) is 6.07 Å². The van der Waals surface area contributed by atoms with E-state index in [0.29, 0.717) is 28.4 Å². The lowest BCUT2D eigenvalue weighted by Crippen LogP contribution is -2.24. The number of carboxylic acid groups (broad SMARTS) is 1. The molecule has 2 aromatic rings. The first-order valence-electron chi connectivity index (χ1n) is 6.81. The third-order valence-electron chi connectivity index (χ3n) is 3.76. The van der Waals surface area contributed by atoms with Gasteiger partial charge in [0.2, 0.25) is 0 Å². The Morgan fingerprint density at radius 3 is 2.68 bits per heavy atom. The molecule has 0 saturated carbocycles. The predicted octanol–water partition coefficient (Wildman–Crippen LogP) is 3.32. The van der Waals surface area contributed by atoms with Crippen LogP contribution in [0.2, 0.25) is 0 Å². The summed E-state index contributed by atoms with van der Waals surface area (Å²) in [5, 5.41) is 9.02. The fraction of sp³-hybridized carbons (Fsp3) is 0.118. The lowest BCUT2D eigenvalue weighted by Gasteiger charge is -2.36. The molecule has 110 valence electrons. The first kappa shape index (κ1) is 12.9. The summed E-state index contributed by atoms with van der Waals surface area (Å²) in [5.41, 5.74) is 2.20. The van der Waals surface area contributed by atoms with Crippen molar-refractivity contribution in [1.29, 1.82) is 0 Å². The second-order valence-electron chi connectivity index (χ2n) is 5.21. The second-order valence-corrected chi connectivity index (χ2v) is 5.21. The zero-order valence-electron chi connectivity index (χ0n) is 11.4. The highest BCUT2D eigenvalue weighted by atomic mass is 19.1. The summed E-state index contributed by atoms with van der Waals surface area (Å²) in [6, 6.07) is 9.40. The van der Waals surface area contributed by atoms with Crippen LogP contribution >= 0.6 is 0 Å². The maximum Gasteiger partial charge on any atom is 0.307 e. The standard InChI is InChI=1S/C17H11FO4/c18-11-4-1-9(2-5-11)13-8-14-16-12(21-14)6-3-10(7-15(19)20)17(16)22-13/h1-6,8,14H,7H2,(H,19,20). The van der Waals surface area contributed by atoms with Gasteiger partial charge in [0.25, 0.3) is 0 Å². The average Bonchev–Trinajstić information content (AvgIpc) is 2.46. The molecule has 0 fully saturated rings. The van der Waals surface area contributed by atoms with Crippen molar-refractivity contribution < 1.29 is 23.8 Å². The number of benzene rings is 2. The van der Waals surface area contributed by atoms with E-state index in [9.17, 15) is 9.18 Å². The molecule has 0 aromatic heterocycles. The molecule has 0 bridgehead atoms. The number of carbonyl (C=O) groups is 1. The lowest BCUT2D eigenvalue weighted by molar-refractivity contribution is -0.136. The summed E-state index contributed by atoms with van der Waals surface area (Å²) in [4.78, 5) is 11.0. The largest absolute Gasteiger partial charge is 0.481 e. The van der Waals surface area contributed by atoms with Gasteiger partial charge >= 0.3 is 5.97 Å². The Kier molecular flexibility index (Phi) is 2.69. The Morgan fingerprint density at radius 1 is 1.18 bits per heavy atom. The molecule has 0 aliphatic carbocycles. The van der Waals surface area contributed by atoms with E-state index >= 15 is 0 Å². The van der Waals surface area contributed by atoms with Crippen molar-refractivity contribution in [3.05, 3.63) is 65.0 Å². The molecular weight excluding hydrogens is 287 g/mol. The van der Waals surface area contributed by atoms with E-state index in [1.807, 2.05) is 6.08 Å². The van der Waals surface area contributed by atoms with Crippen LogP contribution in [-0.4, -0.2) is 11.1 Å². The summed E-state index contributed by atoms with van der Waals surface area (Å²) in [6.07, 6.45) is 1.45. The van der Waals surface area contributed by atoms with E-state index in [1.54, 1.807) is 24.3 Å². The SMILES string of the molecule is O=C(O)Cc1ccc2c3c1OC(c1ccc(F)cc1)=CC3O2. The number of rotatable bonds is 3. The number of hydrogen-bond acceptors (Lipinski definition) is 3. The molecule has 2 aromatic carbocycles. The van der Waals surface area contributed by atoms with Crippen molar-refractivity contribution >= 4 is 11.7 Å². The minimum Gasteiger partial charge on any atom is -0.481 e. The van der Waals surface area contributed by atoms with Gasteiger partial charge < -0.3 is 14.6 Å². The monoisotopic (exact) mass is 298 g/mol. The van der Waals surface area contributed by atoms with Crippen LogP contribution in [0.5, 0.6) is 11.5 Å². The zero-order valence-corrected chi connectivity index (χ0v) is 11.4. The van der Waals surface area contributed by atoms with Gasteiger partial charge in [0.05, 0.1) is 12.0 Å². The smallest absolute Gasteiger partial charge is 0.307 e. The van der Waals surface area contributed by atoms with Gasteiger partial charge in [-0.25, -0.2) is 4.39 Å². The second kappa shape index (κ2) is 4.59. The van der Waals surface area contributed by atoms with Gasteiger partial charge in [-0.05, 0) is 30.3 Å². The van der Waals surface area contributed by atoms with Gasteiger partial charge in [-0.15, -0.1) is 0 Å². The van der Waals surface area contributed by atoms with Crippen molar-refractivity contribution in [1.82, 2.24) is 0 Å². The van der Waals surface area contributed by atoms with E-state index in [1.165, 1.54) is 12.1 Å². The number of hydrogen-bond donors (Lipinski definition) is 1. The molecule has 5 heteroatoms. The normalized spacial score (nSPS) is 17.5. The third-order valence-corrected chi connectivity index (χ3v) is 3.76. The number of halogens is 1. The molecule has 0 spiro atoms. The quantitative estimate of drug-likeness (QED) is 0.944. The highest BCUT2D eigenvalue weighted by Crippen LogP contribution is 2.52. The molecule has 0 amide bonds. The molecule has 1 N–H and O–H groups in total. The van der Waals surface area contributed by atoms with Crippen LogP contribution in [0.4, 0.5) is 4.39 Å². The van der Waals surface area contributed by atoms with Crippen molar-refractivity contribution in [2.75, 3.05) is 0 Å². The molecule has 1 unspecified atom stereocenters. The maximum absolute atomic E-state index is 13.0. The summed E-state index contributed by atoms with van der Waals surface area (Å²) >= 11 is 0. The van der Waals surface area contributed by atoms with Crippen molar-refractivity contribution in [3.8, 4) is 11.5 Å². The summed E-state index contributed by atoms with van der Waals surface area (Å²) in [7, 11) is 0. The van der Waals surface area contributed by atoms with Crippen LogP contribution in [0.1, 0.15) is 22.8 Å². The fourth-order valence-corrected chi connectivity index (χ4v) is 2.73. The van der Waals surface area contributed by atoms with Crippen molar-refractivity contribution in [2.45, 2.75) is 12.5 Å². The van der Waals surface area contributed by atoms with E-state index in [4.69, 9.17) is 14.6 Å². The van der Waals surface area contributed by atoms with Crippen LogP contribution in [0.3, 0.4) is 0 Å². The van der Waals surface area contributed by atoms with Gasteiger partial charge in [-0.2, -0.15) is 0 Å². The third kappa shape index (κ3) is 1.94. The van der Waals surface area contributed by atoms with Gasteiger partial charge in [0.1, 0.15) is 23.1 Å². The Morgan fingerprint density at radius 2 is 1.95 bits per heavy atom. The number of ether oxygens (including phenoxy) is 2. The first-order valence-corrected chi connectivity index (χ1v) is 6.81. The Bertz CT molecular complexity index is 808. The Hall–Kier alpha value is -2.82. The lowest BCUT2D eigenvalue weighted by atomic mass is 9.93. The van der Waals surface area contributed by atoms with Gasteiger partial charge in [-0.3, -0.25) is 4.79 Å². The number of carboxylic acids is 1. The zero-order chi connectivity index (χ0) is 15.3. The molecule has 0 saturated heterocycles. The first-order chi connectivity index (χ1) is 10.6. The Balaban J connectivity index is 1.75. The molecular formula is C17H11FO4. The molecule has 0 radical (unpaired) electrons. The number of aliphatic carboxylic acids is 1. The molecule has 22 heavy (non-hydrogen) atoms. The predicted molar refractivity (Wildman–Crippen MR) is 76.2 cm³/mol. The van der Waals surface area contributed by atoms with E-state index in [0.717, 1.165) is 5.56 Å². The van der Waals surface area contributed by atoms with Crippen molar-refractivity contribution in [3.63, 3.8) is 0 Å². The van der Waals surface area contributed by atoms with Gasteiger partial charge in [0, 0.05) is 17.2 Å². The highest BCUT2D eigenvalue weighted by molar-refractivity contribution is 5.76. The Labute approximate surface area is 125 Å². The van der Waals surface area contributed by atoms with Crippen LogP contribution in [0, 0.1) is 5.82 Å². The summed E-state index contributed by atoms with van der Waals surface area (Å²) in [6.45, 7) is 0. The molecule has 2 aliphatic rings. The molecule has 2 heterocycles. The van der Waals surface area contributed by atoms with Gasteiger partial charge in [0.15, 0.2) is 6.10 Å². The van der Waals surface area contributed by atoms with E-state index in [-0.39, 0.29) is 18.3 Å². The molecule has 4 nitrogen and oxygen atoms in total. The van der Waals surface area contributed by atoms with Crippen LogP contribution in [0.25, 0.3) is 5.76 Å². The van der Waals surface area contributed by atoms with Crippen LogP contribution in [0.15, 0.2) is 42.5 Å².